The highest BCUT2D eigenvalue weighted by Crippen LogP contribution is 2.34. The van der Waals surface area contributed by atoms with E-state index in [1.165, 1.54) is 16.3 Å². The molecule has 0 saturated heterocycles. The maximum atomic E-state index is 13.7. The van der Waals surface area contributed by atoms with E-state index in [1.54, 1.807) is 48.5 Å². The third-order valence-corrected chi connectivity index (χ3v) is 8.35. The first-order valence-corrected chi connectivity index (χ1v) is 13.0. The van der Waals surface area contributed by atoms with Crippen molar-refractivity contribution in [2.75, 3.05) is 25.1 Å². The quantitative estimate of drug-likeness (QED) is 0.582. The lowest BCUT2D eigenvalue weighted by Gasteiger charge is -2.37. The van der Waals surface area contributed by atoms with Gasteiger partial charge in [-0.1, -0.05) is 49.1 Å². The van der Waals surface area contributed by atoms with Crippen LogP contribution in [0.15, 0.2) is 53.4 Å². The average Bonchev–Trinajstić information content (AvgIpc) is 2.86. The third kappa shape index (κ3) is 4.95. The van der Waals surface area contributed by atoms with Crippen molar-refractivity contribution in [1.82, 2.24) is 4.31 Å². The smallest absolute Gasteiger partial charge is 0.348 e. The normalized spacial score (nSPS) is 18.8. The highest BCUT2D eigenvalue weighted by molar-refractivity contribution is 7.89. The molecule has 0 radical (unpaired) electrons. The number of methoxy groups -OCH3 is 1. The summed E-state index contributed by atoms with van der Waals surface area (Å²) in [6, 6.07) is 13.3. The van der Waals surface area contributed by atoms with Crippen LogP contribution >= 0.6 is 0 Å². The zero-order valence-electron chi connectivity index (χ0n) is 19.5. The maximum absolute atomic E-state index is 13.7. The van der Waals surface area contributed by atoms with Crippen molar-refractivity contribution in [1.29, 1.82) is 0 Å². The summed E-state index contributed by atoms with van der Waals surface area (Å²) in [5, 5.41) is 0. The molecule has 1 aliphatic heterocycles. The minimum absolute atomic E-state index is 0.0500. The zero-order chi connectivity index (χ0) is 24.3. The summed E-state index contributed by atoms with van der Waals surface area (Å²) in [5.74, 6) is -0.627. The maximum Gasteiger partial charge on any atom is 0.348 e. The van der Waals surface area contributed by atoms with E-state index in [2.05, 4.69) is 0 Å². The van der Waals surface area contributed by atoms with Crippen LogP contribution in [-0.4, -0.2) is 56.9 Å². The van der Waals surface area contributed by atoms with Crippen molar-refractivity contribution < 1.29 is 27.5 Å². The molecule has 1 amide bonds. The number of para-hydroxylation sites is 2. The molecule has 1 unspecified atom stereocenters. The lowest BCUT2D eigenvalue weighted by molar-refractivity contribution is -0.148. The van der Waals surface area contributed by atoms with Gasteiger partial charge < -0.3 is 14.4 Å². The molecule has 0 aromatic heterocycles. The van der Waals surface area contributed by atoms with Gasteiger partial charge in [-0.25, -0.2) is 13.2 Å². The van der Waals surface area contributed by atoms with Crippen molar-refractivity contribution >= 4 is 27.6 Å². The summed E-state index contributed by atoms with van der Waals surface area (Å²) < 4.78 is 39.3. The summed E-state index contributed by atoms with van der Waals surface area (Å²) in [5.41, 5.74) is 1.46. The molecule has 2 aromatic carbocycles. The number of sulfonamides is 1. The molecule has 1 atom stereocenters. The number of hydrogen-bond donors (Lipinski definition) is 0. The summed E-state index contributed by atoms with van der Waals surface area (Å²) in [4.78, 5) is 27.4. The highest BCUT2D eigenvalue weighted by Gasteiger charge is 2.39. The van der Waals surface area contributed by atoms with Gasteiger partial charge in [0.2, 0.25) is 22.0 Å². The minimum Gasteiger partial charge on any atom is -0.475 e. The predicted molar refractivity (Wildman–Crippen MR) is 127 cm³/mol. The van der Waals surface area contributed by atoms with Crippen LogP contribution in [-0.2, 0) is 24.3 Å². The van der Waals surface area contributed by atoms with Gasteiger partial charge in [0.1, 0.15) is 5.75 Å². The number of ether oxygens (including phenoxy) is 2. The third-order valence-electron chi connectivity index (χ3n) is 6.44. The van der Waals surface area contributed by atoms with Crippen LogP contribution in [0.5, 0.6) is 5.75 Å². The lowest BCUT2D eigenvalue weighted by atomic mass is 9.95. The predicted octanol–water partition coefficient (Wildman–Crippen LogP) is 3.29. The zero-order valence-corrected chi connectivity index (χ0v) is 20.3. The van der Waals surface area contributed by atoms with Crippen LogP contribution < -0.4 is 9.64 Å². The van der Waals surface area contributed by atoms with Crippen molar-refractivity contribution in [2.24, 2.45) is 0 Å². The first kappa shape index (κ1) is 24.2. The summed E-state index contributed by atoms with van der Waals surface area (Å²) >= 11 is 0. The molecule has 0 bridgehead atoms. The Balaban J connectivity index is 1.66. The molecule has 1 aliphatic carbocycles. The van der Waals surface area contributed by atoms with E-state index in [9.17, 15) is 18.0 Å². The number of carbonyl (C=O) groups excluding carboxylic acids is 2. The average molecular weight is 487 g/mol. The number of hydrogen-bond acceptors (Lipinski definition) is 6. The number of amides is 1. The molecule has 0 N–H and O–H groups in total. The Kier molecular flexibility index (Phi) is 7.23. The molecule has 182 valence electrons. The molecular formula is C25H30N2O6S. The van der Waals surface area contributed by atoms with E-state index in [0.29, 0.717) is 24.3 Å². The highest BCUT2D eigenvalue weighted by atomic mass is 32.2. The van der Waals surface area contributed by atoms with E-state index in [4.69, 9.17) is 9.47 Å². The van der Waals surface area contributed by atoms with Gasteiger partial charge in [0.15, 0.2) is 0 Å². The molecule has 1 heterocycles. The van der Waals surface area contributed by atoms with Gasteiger partial charge in [0, 0.05) is 6.04 Å². The van der Waals surface area contributed by atoms with Gasteiger partial charge >= 0.3 is 5.97 Å². The van der Waals surface area contributed by atoms with Gasteiger partial charge in [-0.3, -0.25) is 4.79 Å². The first-order valence-electron chi connectivity index (χ1n) is 11.5. The van der Waals surface area contributed by atoms with E-state index in [1.807, 2.05) is 6.92 Å². The lowest BCUT2D eigenvalue weighted by Crippen LogP contribution is -2.52. The van der Waals surface area contributed by atoms with Gasteiger partial charge in [0.05, 0.1) is 30.8 Å². The number of carbonyl (C=O) groups is 2. The molecule has 8 nitrogen and oxygen atoms in total. The van der Waals surface area contributed by atoms with E-state index >= 15 is 0 Å². The Morgan fingerprint density at radius 2 is 1.74 bits per heavy atom. The second kappa shape index (κ2) is 10.1. The number of esters is 1. The topological polar surface area (TPSA) is 93.2 Å². The fourth-order valence-corrected chi connectivity index (χ4v) is 6.20. The number of aryl methyl sites for hydroxylation is 1. The molecule has 0 spiro atoms. The fourth-order valence-electron chi connectivity index (χ4n) is 4.57. The Bertz CT molecular complexity index is 1140. The largest absolute Gasteiger partial charge is 0.475 e. The molecule has 1 saturated carbocycles. The number of rotatable bonds is 6. The second-order valence-corrected chi connectivity index (χ2v) is 10.6. The van der Waals surface area contributed by atoms with E-state index in [-0.39, 0.29) is 24.0 Å². The molecular weight excluding hydrogens is 456 g/mol. The fraction of sp³-hybridized carbons (Fsp3) is 0.440. The van der Waals surface area contributed by atoms with Crippen molar-refractivity contribution in [3.8, 4) is 5.75 Å². The van der Waals surface area contributed by atoms with Crippen LogP contribution in [0, 0.1) is 6.92 Å². The summed E-state index contributed by atoms with van der Waals surface area (Å²) in [6.07, 6.45) is 3.33. The second-order valence-electron chi connectivity index (χ2n) is 8.76. The van der Waals surface area contributed by atoms with Crippen LogP contribution in [0.1, 0.15) is 37.7 Å². The Labute approximate surface area is 200 Å². The SMILES string of the molecule is COC(=O)C1CN(C(=O)CN(C2CCCCC2)S(=O)(=O)c2ccc(C)cc2)c2ccccc2O1. The van der Waals surface area contributed by atoms with Crippen LogP contribution in [0.3, 0.4) is 0 Å². The number of fused-ring (bicyclic) bond motifs is 1. The van der Waals surface area contributed by atoms with Gasteiger partial charge in [0.25, 0.3) is 0 Å². The summed E-state index contributed by atoms with van der Waals surface area (Å²) in [7, 11) is -2.64. The van der Waals surface area contributed by atoms with Gasteiger partial charge in [-0.05, 0) is 44.0 Å². The number of anilines is 1. The van der Waals surface area contributed by atoms with Crippen LogP contribution in [0.25, 0.3) is 0 Å². The first-order chi connectivity index (χ1) is 16.3. The molecule has 34 heavy (non-hydrogen) atoms. The van der Waals surface area contributed by atoms with E-state index in [0.717, 1.165) is 24.8 Å². The monoisotopic (exact) mass is 486 g/mol. The minimum atomic E-state index is -3.90. The molecule has 9 heteroatoms. The van der Waals surface area contributed by atoms with Gasteiger partial charge in [-0.15, -0.1) is 0 Å². The van der Waals surface area contributed by atoms with Crippen LogP contribution in [0.4, 0.5) is 5.69 Å². The van der Waals surface area contributed by atoms with Crippen LogP contribution in [0.2, 0.25) is 0 Å². The molecule has 4 rings (SSSR count). The standard InChI is InChI=1S/C25H30N2O6S/c1-18-12-14-20(15-13-18)34(30,31)27(19-8-4-3-5-9-19)17-24(28)26-16-23(25(29)32-2)33-22-11-7-6-10-21(22)26/h6-7,10-15,19,23H,3-5,8-9,16-17H2,1-2H3. The Morgan fingerprint density at radius 3 is 2.41 bits per heavy atom. The van der Waals surface area contributed by atoms with Crippen molar-refractivity contribution in [3.05, 3.63) is 54.1 Å². The number of nitrogens with zero attached hydrogens (tertiary/aromatic N) is 2. The van der Waals surface area contributed by atoms with Crippen molar-refractivity contribution in [2.45, 2.75) is 56.1 Å². The van der Waals surface area contributed by atoms with Crippen molar-refractivity contribution in [3.63, 3.8) is 0 Å². The Hall–Kier alpha value is -2.91. The van der Waals surface area contributed by atoms with E-state index < -0.39 is 28.0 Å². The molecule has 2 aromatic rings. The molecule has 2 aliphatic rings. The number of benzene rings is 2. The summed E-state index contributed by atoms with van der Waals surface area (Å²) in [6.45, 7) is 1.53. The van der Waals surface area contributed by atoms with Gasteiger partial charge in [-0.2, -0.15) is 4.31 Å². The molecule has 1 fully saturated rings. The Morgan fingerprint density at radius 1 is 1.06 bits per heavy atom.